The van der Waals surface area contributed by atoms with Gasteiger partial charge < -0.3 is 10.5 Å². The number of hydrogen-bond donors (Lipinski definition) is 2. The van der Waals surface area contributed by atoms with Gasteiger partial charge in [0, 0.05) is 5.69 Å². The van der Waals surface area contributed by atoms with Gasteiger partial charge in [0.2, 0.25) is 11.8 Å². The molecule has 2 aromatic rings. The second-order valence-electron chi connectivity index (χ2n) is 6.49. The van der Waals surface area contributed by atoms with Crippen molar-refractivity contribution < 1.29 is 4.74 Å². The maximum Gasteiger partial charge on any atom is 0.244 e. The van der Waals surface area contributed by atoms with E-state index < -0.39 is 5.41 Å². The van der Waals surface area contributed by atoms with Gasteiger partial charge in [-0.15, -0.1) is 5.10 Å². The van der Waals surface area contributed by atoms with Gasteiger partial charge in [-0.1, -0.05) is 43.7 Å². The van der Waals surface area contributed by atoms with Gasteiger partial charge in [0.1, 0.15) is 11.6 Å². The third kappa shape index (κ3) is 1.77. The molecule has 1 aromatic carbocycles. The molecular weight excluding hydrogens is 300 g/mol. The molecule has 5 heteroatoms. The molecule has 1 aliphatic heterocycles. The molecule has 5 nitrogen and oxygen atoms in total. The second-order valence-corrected chi connectivity index (χ2v) is 6.49. The topological polar surface area (TPSA) is 87.7 Å². The van der Waals surface area contributed by atoms with Crippen LogP contribution in [0.15, 0.2) is 41.8 Å². The molecule has 3 N–H and O–H groups in total. The number of rotatable bonds is 3. The van der Waals surface area contributed by atoms with Crippen LogP contribution < -0.4 is 10.5 Å². The van der Waals surface area contributed by atoms with Crippen molar-refractivity contribution in [3.8, 4) is 11.9 Å². The minimum atomic E-state index is -0.565. The molecule has 1 atom stereocenters. The molecule has 4 rings (SSSR count). The van der Waals surface area contributed by atoms with Crippen molar-refractivity contribution in [1.82, 2.24) is 10.2 Å². The number of nitrogens with one attached hydrogen (secondary N) is 1. The minimum Gasteiger partial charge on any atom is -0.420 e. The number of aromatic amines is 1. The highest BCUT2D eigenvalue weighted by molar-refractivity contribution is 5.62. The van der Waals surface area contributed by atoms with Crippen molar-refractivity contribution in [2.75, 3.05) is 0 Å². The average Bonchev–Trinajstić information content (AvgIpc) is 2.97. The molecule has 1 aliphatic carbocycles. The van der Waals surface area contributed by atoms with E-state index >= 15 is 0 Å². The highest BCUT2D eigenvalue weighted by Crippen LogP contribution is 2.57. The number of aromatic nitrogens is 2. The summed E-state index contributed by atoms with van der Waals surface area (Å²) in [5.74, 6) is 1.02. The molecule has 1 aromatic heterocycles. The van der Waals surface area contributed by atoms with E-state index in [4.69, 9.17) is 10.5 Å². The van der Waals surface area contributed by atoms with Gasteiger partial charge >= 0.3 is 0 Å². The number of benzene rings is 1. The quantitative estimate of drug-likeness (QED) is 0.909. The molecule has 1 unspecified atom stereocenters. The molecule has 1 saturated carbocycles. The molecule has 0 spiro atoms. The molecule has 0 radical (unpaired) electrons. The Labute approximate surface area is 141 Å². The van der Waals surface area contributed by atoms with Gasteiger partial charge in [-0.05, 0) is 30.7 Å². The summed E-state index contributed by atoms with van der Waals surface area (Å²) in [6, 6.07) is 12.6. The van der Waals surface area contributed by atoms with Crippen LogP contribution in [0.1, 0.15) is 43.0 Å². The minimum absolute atomic E-state index is 0.176. The predicted octanol–water partition coefficient (Wildman–Crippen LogP) is 3.14. The van der Waals surface area contributed by atoms with Gasteiger partial charge in [0.15, 0.2) is 0 Å². The van der Waals surface area contributed by atoms with E-state index in [0.717, 1.165) is 36.1 Å². The van der Waals surface area contributed by atoms with Crippen LogP contribution in [0, 0.1) is 17.2 Å². The second kappa shape index (κ2) is 5.41. The maximum atomic E-state index is 9.96. The number of allylic oxidation sites excluding steroid dienone is 1. The van der Waals surface area contributed by atoms with Gasteiger partial charge in [-0.2, -0.15) is 5.26 Å². The Bertz CT molecular complexity index is 842. The number of hydrogen-bond acceptors (Lipinski definition) is 4. The van der Waals surface area contributed by atoms with Crippen molar-refractivity contribution in [2.24, 2.45) is 11.7 Å². The first kappa shape index (κ1) is 14.8. The van der Waals surface area contributed by atoms with E-state index in [1.165, 1.54) is 6.42 Å². The smallest absolute Gasteiger partial charge is 0.244 e. The lowest BCUT2D eigenvalue weighted by Crippen LogP contribution is -2.46. The summed E-state index contributed by atoms with van der Waals surface area (Å²) in [6.07, 6.45) is 4.11. The number of nitriles is 1. The zero-order chi connectivity index (χ0) is 16.7. The van der Waals surface area contributed by atoms with Crippen LogP contribution in [0.4, 0.5) is 0 Å². The fourth-order valence-corrected chi connectivity index (χ4v) is 4.19. The molecule has 24 heavy (non-hydrogen) atoms. The summed E-state index contributed by atoms with van der Waals surface area (Å²) >= 11 is 0. The number of aryl methyl sites for hydroxylation is 1. The maximum absolute atomic E-state index is 9.96. The Morgan fingerprint density at radius 3 is 2.71 bits per heavy atom. The van der Waals surface area contributed by atoms with Gasteiger partial charge in [-0.3, -0.25) is 5.10 Å². The molecule has 2 aliphatic rings. The molecule has 0 amide bonds. The lowest BCUT2D eigenvalue weighted by Gasteiger charge is -2.47. The van der Waals surface area contributed by atoms with Crippen LogP contribution in [-0.4, -0.2) is 10.2 Å². The summed E-state index contributed by atoms with van der Waals surface area (Å²) in [4.78, 5) is 0. The fraction of sp³-hybridized carbons (Fsp3) is 0.368. The van der Waals surface area contributed by atoms with E-state index in [9.17, 15) is 5.26 Å². The lowest BCUT2D eigenvalue weighted by atomic mass is 9.55. The highest BCUT2D eigenvalue weighted by atomic mass is 16.5. The third-order valence-corrected chi connectivity index (χ3v) is 5.46. The summed E-state index contributed by atoms with van der Waals surface area (Å²) < 4.78 is 5.71. The zero-order valence-electron chi connectivity index (χ0n) is 13.7. The largest absolute Gasteiger partial charge is 0.420 e. The van der Waals surface area contributed by atoms with Crippen LogP contribution >= 0.6 is 0 Å². The number of fused-ring (bicyclic) bond motifs is 1. The van der Waals surface area contributed by atoms with Gasteiger partial charge in [0.25, 0.3) is 0 Å². The number of nitrogens with two attached hydrogens (primary N) is 1. The average molecular weight is 320 g/mol. The first-order chi connectivity index (χ1) is 11.7. The molecule has 0 saturated heterocycles. The van der Waals surface area contributed by atoms with E-state index in [1.54, 1.807) is 0 Å². The molecule has 122 valence electrons. The van der Waals surface area contributed by atoms with Crippen molar-refractivity contribution in [3.05, 3.63) is 58.6 Å². The van der Waals surface area contributed by atoms with Crippen LogP contribution in [0.2, 0.25) is 0 Å². The Morgan fingerprint density at radius 2 is 2.12 bits per heavy atom. The van der Waals surface area contributed by atoms with Crippen LogP contribution in [-0.2, 0) is 11.8 Å². The summed E-state index contributed by atoms with van der Waals surface area (Å²) in [5, 5.41) is 17.4. The summed E-state index contributed by atoms with van der Waals surface area (Å²) in [5.41, 5.74) is 9.22. The first-order valence-corrected chi connectivity index (χ1v) is 8.44. The summed E-state index contributed by atoms with van der Waals surface area (Å²) in [6.45, 7) is 2.08. The third-order valence-electron chi connectivity index (χ3n) is 5.46. The number of nitrogens with zero attached hydrogens (tertiary/aromatic N) is 2. The fourth-order valence-electron chi connectivity index (χ4n) is 4.19. The first-order valence-electron chi connectivity index (χ1n) is 8.44. The van der Waals surface area contributed by atoms with E-state index in [0.29, 0.717) is 17.4 Å². The zero-order valence-corrected chi connectivity index (χ0v) is 13.7. The van der Waals surface area contributed by atoms with Crippen molar-refractivity contribution in [3.63, 3.8) is 0 Å². The van der Waals surface area contributed by atoms with Gasteiger partial charge in [-0.25, -0.2) is 0 Å². The van der Waals surface area contributed by atoms with Gasteiger partial charge in [0.05, 0.1) is 11.0 Å². The van der Waals surface area contributed by atoms with Crippen molar-refractivity contribution in [2.45, 2.75) is 38.0 Å². The van der Waals surface area contributed by atoms with Crippen LogP contribution in [0.5, 0.6) is 5.88 Å². The van der Waals surface area contributed by atoms with Crippen LogP contribution in [0.3, 0.4) is 0 Å². The Kier molecular flexibility index (Phi) is 3.34. The monoisotopic (exact) mass is 320 g/mol. The van der Waals surface area contributed by atoms with Crippen LogP contribution in [0.25, 0.3) is 0 Å². The van der Waals surface area contributed by atoms with Crippen molar-refractivity contribution in [1.29, 1.82) is 5.26 Å². The normalized spacial score (nSPS) is 23.2. The van der Waals surface area contributed by atoms with E-state index in [1.807, 2.05) is 18.2 Å². The Balaban J connectivity index is 2.10. The molecule has 0 bridgehead atoms. The Hall–Kier alpha value is -2.74. The molecular formula is C19H20N4O. The lowest BCUT2D eigenvalue weighted by molar-refractivity contribution is 0.206. The molecule has 2 heterocycles. The number of ether oxygens (including phenoxy) is 1. The SMILES string of the molecule is CCc1[nH]nc2c1C(c1ccccc1)(C1CCC1)C(C#N)=C(N)O2. The van der Waals surface area contributed by atoms with E-state index in [2.05, 4.69) is 35.3 Å². The summed E-state index contributed by atoms with van der Waals surface area (Å²) in [7, 11) is 0. The molecule has 1 fully saturated rings. The van der Waals surface area contributed by atoms with Crippen molar-refractivity contribution >= 4 is 0 Å². The van der Waals surface area contributed by atoms with E-state index in [-0.39, 0.29) is 5.88 Å². The standard InChI is InChI=1S/C19H20N4O/c1-2-15-16-18(23-22-15)24-17(21)14(11-20)19(16,13-9-6-10-13)12-7-4-3-5-8-12/h3-5,7-8,13H,2,6,9-10,21H2,1H3,(H,22,23). The Morgan fingerprint density at radius 1 is 1.38 bits per heavy atom. The highest BCUT2D eigenvalue weighted by Gasteiger charge is 2.54. The number of H-pyrrole nitrogens is 1. The predicted molar refractivity (Wildman–Crippen MR) is 90.0 cm³/mol.